The molecule has 0 unspecified atom stereocenters. The Balaban J connectivity index is 2.26. The summed E-state index contributed by atoms with van der Waals surface area (Å²) in [7, 11) is 1.64. The monoisotopic (exact) mass is 267 g/mol. The van der Waals surface area contributed by atoms with Gasteiger partial charge in [0.15, 0.2) is 0 Å². The highest BCUT2D eigenvalue weighted by molar-refractivity contribution is 8.00. The highest BCUT2D eigenvalue weighted by atomic mass is 32.2. The summed E-state index contributed by atoms with van der Waals surface area (Å²) in [5.41, 5.74) is 0.625. The first-order chi connectivity index (χ1) is 8.76. The van der Waals surface area contributed by atoms with E-state index in [1.54, 1.807) is 19.2 Å². The van der Waals surface area contributed by atoms with E-state index in [9.17, 15) is 9.59 Å². The van der Waals surface area contributed by atoms with E-state index in [1.165, 1.54) is 11.8 Å². The van der Waals surface area contributed by atoms with Crippen LogP contribution in [0, 0.1) is 0 Å². The van der Waals surface area contributed by atoms with Crippen LogP contribution in [0.1, 0.15) is 16.8 Å². The third kappa shape index (κ3) is 5.84. The van der Waals surface area contributed by atoms with Gasteiger partial charge in [0, 0.05) is 30.7 Å². The lowest BCUT2D eigenvalue weighted by Gasteiger charge is -2.05. The van der Waals surface area contributed by atoms with Crippen molar-refractivity contribution in [2.45, 2.75) is 11.3 Å². The van der Waals surface area contributed by atoms with Gasteiger partial charge in [-0.05, 0) is 18.6 Å². The van der Waals surface area contributed by atoms with E-state index in [4.69, 9.17) is 4.74 Å². The number of methoxy groups -OCH3 is 1. The lowest BCUT2D eigenvalue weighted by Crippen LogP contribution is -2.26. The van der Waals surface area contributed by atoms with Gasteiger partial charge in [-0.1, -0.05) is 12.1 Å². The quantitative estimate of drug-likeness (QED) is 0.443. The molecule has 0 aliphatic carbocycles. The van der Waals surface area contributed by atoms with Crippen LogP contribution in [0.25, 0.3) is 0 Å². The SMILES string of the molecule is COCCCNC(=O)CSc1cccc(C=O)c1. The first kappa shape index (κ1) is 14.7. The molecule has 0 fully saturated rings. The van der Waals surface area contributed by atoms with Crippen molar-refractivity contribution in [3.05, 3.63) is 29.8 Å². The number of carbonyl (C=O) groups excluding carboxylic acids is 2. The Morgan fingerprint density at radius 2 is 2.33 bits per heavy atom. The summed E-state index contributed by atoms with van der Waals surface area (Å²) in [4.78, 5) is 23.0. The molecule has 18 heavy (non-hydrogen) atoms. The fourth-order valence-corrected chi connectivity index (χ4v) is 2.12. The third-order valence-corrected chi connectivity index (χ3v) is 3.21. The van der Waals surface area contributed by atoms with Gasteiger partial charge >= 0.3 is 0 Å². The summed E-state index contributed by atoms with van der Waals surface area (Å²) in [5.74, 6) is 0.350. The average Bonchev–Trinajstić information content (AvgIpc) is 2.41. The fourth-order valence-electron chi connectivity index (χ4n) is 1.32. The normalized spacial score (nSPS) is 10.1. The maximum atomic E-state index is 11.5. The Hall–Kier alpha value is -1.33. The second-order valence-corrected chi connectivity index (χ2v) is 4.72. The summed E-state index contributed by atoms with van der Waals surface area (Å²) < 4.78 is 4.89. The van der Waals surface area contributed by atoms with E-state index in [-0.39, 0.29) is 5.91 Å². The lowest BCUT2D eigenvalue weighted by molar-refractivity contribution is -0.118. The van der Waals surface area contributed by atoms with E-state index in [0.717, 1.165) is 17.6 Å². The highest BCUT2D eigenvalue weighted by Gasteiger charge is 2.02. The zero-order valence-electron chi connectivity index (χ0n) is 10.3. The standard InChI is InChI=1S/C13H17NO3S/c1-17-7-3-6-14-13(16)10-18-12-5-2-4-11(8-12)9-15/h2,4-5,8-9H,3,6-7,10H2,1H3,(H,14,16). The van der Waals surface area contributed by atoms with Gasteiger partial charge in [0.05, 0.1) is 5.75 Å². The number of benzene rings is 1. The molecule has 1 rings (SSSR count). The molecule has 0 aliphatic heterocycles. The molecule has 0 radical (unpaired) electrons. The van der Waals surface area contributed by atoms with Crippen LogP contribution in [-0.4, -0.2) is 38.2 Å². The molecule has 0 saturated heterocycles. The number of amides is 1. The van der Waals surface area contributed by atoms with E-state index in [1.807, 2.05) is 12.1 Å². The largest absolute Gasteiger partial charge is 0.385 e. The van der Waals surface area contributed by atoms with Gasteiger partial charge in [-0.3, -0.25) is 9.59 Å². The smallest absolute Gasteiger partial charge is 0.230 e. The van der Waals surface area contributed by atoms with Crippen molar-refractivity contribution in [1.82, 2.24) is 5.32 Å². The number of aldehydes is 1. The van der Waals surface area contributed by atoms with Crippen LogP contribution in [0.4, 0.5) is 0 Å². The molecule has 0 aliphatic rings. The van der Waals surface area contributed by atoms with Crippen molar-refractivity contribution in [2.75, 3.05) is 26.0 Å². The van der Waals surface area contributed by atoms with Crippen molar-refractivity contribution in [2.24, 2.45) is 0 Å². The first-order valence-corrected chi connectivity index (χ1v) is 6.68. The van der Waals surface area contributed by atoms with Crippen molar-refractivity contribution in [1.29, 1.82) is 0 Å². The van der Waals surface area contributed by atoms with Crippen molar-refractivity contribution in [3.63, 3.8) is 0 Å². The van der Waals surface area contributed by atoms with Crippen molar-refractivity contribution in [3.8, 4) is 0 Å². The number of rotatable bonds is 8. The molecule has 1 amide bonds. The van der Waals surface area contributed by atoms with Gasteiger partial charge in [-0.25, -0.2) is 0 Å². The molecule has 0 aromatic heterocycles. The Morgan fingerprint density at radius 3 is 3.06 bits per heavy atom. The molecule has 0 saturated carbocycles. The van der Waals surface area contributed by atoms with Crippen molar-refractivity contribution >= 4 is 24.0 Å². The second kappa shape index (κ2) is 8.72. The molecule has 98 valence electrons. The predicted octanol–water partition coefficient (Wildman–Crippen LogP) is 1.74. The molecule has 0 bridgehead atoms. The van der Waals surface area contributed by atoms with Gasteiger partial charge in [-0.2, -0.15) is 0 Å². The first-order valence-electron chi connectivity index (χ1n) is 5.70. The van der Waals surface area contributed by atoms with Gasteiger partial charge in [-0.15, -0.1) is 11.8 Å². The molecular formula is C13H17NO3S. The lowest BCUT2D eigenvalue weighted by atomic mass is 10.2. The van der Waals surface area contributed by atoms with Gasteiger partial charge < -0.3 is 10.1 Å². The molecule has 0 atom stereocenters. The van der Waals surface area contributed by atoms with E-state index in [2.05, 4.69) is 5.32 Å². The number of hydrogen-bond acceptors (Lipinski definition) is 4. The van der Waals surface area contributed by atoms with Gasteiger partial charge in [0.2, 0.25) is 5.91 Å². The number of ether oxygens (including phenoxy) is 1. The van der Waals surface area contributed by atoms with Crippen LogP contribution in [0.5, 0.6) is 0 Å². The second-order valence-electron chi connectivity index (χ2n) is 3.68. The van der Waals surface area contributed by atoms with E-state index < -0.39 is 0 Å². The Labute approximate surface area is 111 Å². The Morgan fingerprint density at radius 1 is 1.50 bits per heavy atom. The minimum Gasteiger partial charge on any atom is -0.385 e. The third-order valence-electron chi connectivity index (χ3n) is 2.21. The number of carbonyl (C=O) groups is 2. The van der Waals surface area contributed by atoms with E-state index in [0.29, 0.717) is 24.5 Å². The topological polar surface area (TPSA) is 55.4 Å². The maximum absolute atomic E-state index is 11.5. The Bertz CT molecular complexity index is 396. The number of nitrogens with one attached hydrogen (secondary N) is 1. The average molecular weight is 267 g/mol. The summed E-state index contributed by atoms with van der Waals surface area (Å²) in [6.07, 6.45) is 1.61. The minimum absolute atomic E-state index is 0.00684. The fraction of sp³-hybridized carbons (Fsp3) is 0.385. The summed E-state index contributed by atoms with van der Waals surface area (Å²) in [6.45, 7) is 1.27. The minimum atomic E-state index is -0.00684. The molecule has 4 nitrogen and oxygen atoms in total. The number of hydrogen-bond donors (Lipinski definition) is 1. The van der Waals surface area contributed by atoms with Crippen LogP contribution in [0.3, 0.4) is 0 Å². The zero-order chi connectivity index (χ0) is 13.2. The maximum Gasteiger partial charge on any atom is 0.230 e. The van der Waals surface area contributed by atoms with E-state index >= 15 is 0 Å². The van der Waals surface area contributed by atoms with Gasteiger partial charge in [0.1, 0.15) is 6.29 Å². The predicted molar refractivity (Wildman–Crippen MR) is 72.1 cm³/mol. The molecule has 1 N–H and O–H groups in total. The van der Waals surface area contributed by atoms with Gasteiger partial charge in [0.25, 0.3) is 0 Å². The molecule has 5 heteroatoms. The zero-order valence-corrected chi connectivity index (χ0v) is 11.2. The molecule has 1 aromatic carbocycles. The number of thioether (sulfide) groups is 1. The van der Waals surface area contributed by atoms with Crippen LogP contribution in [0.2, 0.25) is 0 Å². The summed E-state index contributed by atoms with van der Waals surface area (Å²) >= 11 is 1.42. The summed E-state index contributed by atoms with van der Waals surface area (Å²) in [6, 6.07) is 7.20. The molecule has 0 heterocycles. The van der Waals surface area contributed by atoms with Crippen LogP contribution < -0.4 is 5.32 Å². The molecule has 1 aromatic rings. The van der Waals surface area contributed by atoms with Crippen molar-refractivity contribution < 1.29 is 14.3 Å². The van der Waals surface area contributed by atoms with Crippen LogP contribution >= 0.6 is 11.8 Å². The van der Waals surface area contributed by atoms with Crippen LogP contribution in [-0.2, 0) is 9.53 Å². The molecule has 0 spiro atoms. The Kier molecular flexibility index (Phi) is 7.13. The highest BCUT2D eigenvalue weighted by Crippen LogP contribution is 2.18. The molecular weight excluding hydrogens is 250 g/mol. The van der Waals surface area contributed by atoms with Crippen LogP contribution in [0.15, 0.2) is 29.2 Å². The summed E-state index contributed by atoms with van der Waals surface area (Å²) in [5, 5.41) is 2.81.